The lowest BCUT2D eigenvalue weighted by Crippen LogP contribution is -2.16. The molecule has 3 aromatic carbocycles. The summed E-state index contributed by atoms with van der Waals surface area (Å²) in [5, 5.41) is 2.73. The Labute approximate surface area is 164 Å². The highest BCUT2D eigenvalue weighted by Gasteiger charge is 2.11. The van der Waals surface area contributed by atoms with E-state index in [0.29, 0.717) is 23.5 Å². The van der Waals surface area contributed by atoms with E-state index in [1.165, 1.54) is 0 Å². The minimum absolute atomic E-state index is 0.311. The molecule has 1 amide bonds. The molecule has 6 nitrogen and oxygen atoms in total. The molecule has 144 valence electrons. The molecule has 0 saturated carbocycles. The fraction of sp³-hybridized carbons (Fsp3) is 0.0952. The molecule has 0 saturated heterocycles. The number of carbonyl (C=O) groups excluding carboxylic acids is 1. The van der Waals surface area contributed by atoms with Crippen LogP contribution in [-0.4, -0.2) is 20.6 Å². The van der Waals surface area contributed by atoms with Gasteiger partial charge in [-0.2, -0.15) is 0 Å². The van der Waals surface area contributed by atoms with E-state index < -0.39 is 10.0 Å². The molecule has 2 N–H and O–H groups in total. The van der Waals surface area contributed by atoms with Crippen LogP contribution in [0.15, 0.2) is 78.9 Å². The van der Waals surface area contributed by atoms with Crippen molar-refractivity contribution < 1.29 is 17.9 Å². The summed E-state index contributed by atoms with van der Waals surface area (Å²) in [4.78, 5) is 12.5. The van der Waals surface area contributed by atoms with E-state index in [2.05, 4.69) is 10.0 Å². The van der Waals surface area contributed by atoms with Crippen LogP contribution < -0.4 is 14.8 Å². The van der Waals surface area contributed by atoms with Gasteiger partial charge in [-0.15, -0.1) is 0 Å². The third kappa shape index (κ3) is 5.59. The highest BCUT2D eigenvalue weighted by Crippen LogP contribution is 2.23. The molecule has 0 aliphatic rings. The molecule has 0 aliphatic carbocycles. The molecule has 7 heteroatoms. The standard InChI is InChI=1S/C21H20N2O4S/c1-28(25,26)23-20-10-6-5-9-19(20)22-21(24)17-13-11-16(12-14-17)15-27-18-7-3-2-4-8-18/h2-14,23H,15H2,1H3,(H,22,24). The maximum atomic E-state index is 12.5. The second kappa shape index (κ2) is 8.58. The van der Waals surface area contributed by atoms with Crippen LogP contribution in [0.5, 0.6) is 5.75 Å². The van der Waals surface area contributed by atoms with Crippen molar-refractivity contribution in [2.24, 2.45) is 0 Å². The lowest BCUT2D eigenvalue weighted by Gasteiger charge is -2.12. The van der Waals surface area contributed by atoms with Crippen LogP contribution in [0, 0.1) is 0 Å². The normalized spacial score (nSPS) is 10.9. The Bertz CT molecular complexity index is 1050. The summed E-state index contributed by atoms with van der Waals surface area (Å²) in [5.74, 6) is 0.442. The van der Waals surface area contributed by atoms with Crippen molar-refractivity contribution in [3.8, 4) is 5.75 Å². The summed E-state index contributed by atoms with van der Waals surface area (Å²) in [5.41, 5.74) is 2.08. The number of rotatable bonds is 7. The summed E-state index contributed by atoms with van der Waals surface area (Å²) < 4.78 is 31.0. The van der Waals surface area contributed by atoms with E-state index in [-0.39, 0.29) is 5.91 Å². The Morgan fingerprint density at radius 3 is 2.11 bits per heavy atom. The molecule has 0 radical (unpaired) electrons. The molecule has 3 aromatic rings. The first-order chi connectivity index (χ1) is 13.4. The van der Waals surface area contributed by atoms with Crippen molar-refractivity contribution in [2.75, 3.05) is 16.3 Å². The van der Waals surface area contributed by atoms with E-state index in [4.69, 9.17) is 4.74 Å². The highest BCUT2D eigenvalue weighted by atomic mass is 32.2. The smallest absolute Gasteiger partial charge is 0.255 e. The van der Waals surface area contributed by atoms with Crippen LogP contribution in [0.4, 0.5) is 11.4 Å². The van der Waals surface area contributed by atoms with Gasteiger partial charge >= 0.3 is 0 Å². The summed E-state index contributed by atoms with van der Waals surface area (Å²) >= 11 is 0. The van der Waals surface area contributed by atoms with Crippen molar-refractivity contribution in [1.82, 2.24) is 0 Å². The maximum Gasteiger partial charge on any atom is 0.255 e. The average Bonchev–Trinajstić information content (AvgIpc) is 2.68. The van der Waals surface area contributed by atoms with Crippen LogP contribution in [0.25, 0.3) is 0 Å². The zero-order valence-corrected chi connectivity index (χ0v) is 16.1. The highest BCUT2D eigenvalue weighted by molar-refractivity contribution is 7.92. The Hall–Kier alpha value is -3.32. The lowest BCUT2D eigenvalue weighted by atomic mass is 10.1. The van der Waals surface area contributed by atoms with Gasteiger partial charge in [0.15, 0.2) is 0 Å². The van der Waals surface area contributed by atoms with E-state index in [9.17, 15) is 13.2 Å². The van der Waals surface area contributed by atoms with Crippen molar-refractivity contribution in [1.29, 1.82) is 0 Å². The zero-order chi connectivity index (χ0) is 20.0. The molecule has 28 heavy (non-hydrogen) atoms. The van der Waals surface area contributed by atoms with Crippen LogP contribution in [0.1, 0.15) is 15.9 Å². The molecule has 0 spiro atoms. The number of hydrogen-bond donors (Lipinski definition) is 2. The van der Waals surface area contributed by atoms with Gasteiger partial charge in [0.25, 0.3) is 5.91 Å². The third-order valence-electron chi connectivity index (χ3n) is 3.84. The van der Waals surface area contributed by atoms with Gasteiger partial charge in [-0.05, 0) is 42.0 Å². The van der Waals surface area contributed by atoms with E-state index in [1.54, 1.807) is 36.4 Å². The molecule has 0 unspecified atom stereocenters. The number of hydrogen-bond acceptors (Lipinski definition) is 4. The van der Waals surface area contributed by atoms with Gasteiger partial charge in [-0.1, -0.05) is 42.5 Å². The van der Waals surface area contributed by atoms with Crippen LogP contribution in [-0.2, 0) is 16.6 Å². The second-order valence-corrected chi connectivity index (χ2v) is 7.92. The first-order valence-electron chi connectivity index (χ1n) is 8.56. The van der Waals surface area contributed by atoms with Gasteiger partial charge in [-0.3, -0.25) is 9.52 Å². The predicted octanol–water partition coefficient (Wildman–Crippen LogP) is 3.89. The van der Waals surface area contributed by atoms with Crippen LogP contribution in [0.3, 0.4) is 0 Å². The minimum Gasteiger partial charge on any atom is -0.489 e. The number of nitrogens with one attached hydrogen (secondary N) is 2. The number of anilines is 2. The second-order valence-electron chi connectivity index (χ2n) is 6.17. The van der Waals surface area contributed by atoms with Crippen molar-refractivity contribution >= 4 is 27.3 Å². The maximum absolute atomic E-state index is 12.5. The minimum atomic E-state index is -3.45. The Kier molecular flexibility index (Phi) is 5.96. The van der Waals surface area contributed by atoms with E-state index in [1.807, 2.05) is 42.5 Å². The summed E-state index contributed by atoms with van der Waals surface area (Å²) in [6, 6.07) is 23.1. The number of amides is 1. The number of benzene rings is 3. The van der Waals surface area contributed by atoms with Crippen molar-refractivity contribution in [3.63, 3.8) is 0 Å². The third-order valence-corrected chi connectivity index (χ3v) is 4.43. The molecule has 0 heterocycles. The number of para-hydroxylation sites is 3. The van der Waals surface area contributed by atoms with Gasteiger partial charge < -0.3 is 10.1 Å². The van der Waals surface area contributed by atoms with Gasteiger partial charge in [0.1, 0.15) is 12.4 Å². The van der Waals surface area contributed by atoms with Gasteiger partial charge in [0, 0.05) is 5.56 Å². The van der Waals surface area contributed by atoms with Gasteiger partial charge in [0.2, 0.25) is 10.0 Å². The molecule has 0 bridgehead atoms. The Morgan fingerprint density at radius 2 is 1.46 bits per heavy atom. The number of ether oxygens (including phenoxy) is 1. The molecule has 0 aliphatic heterocycles. The summed E-state index contributed by atoms with van der Waals surface area (Å²) in [7, 11) is -3.45. The van der Waals surface area contributed by atoms with Crippen molar-refractivity contribution in [3.05, 3.63) is 90.0 Å². The largest absolute Gasteiger partial charge is 0.489 e. The molecule has 0 aromatic heterocycles. The first kappa shape index (κ1) is 19.4. The number of sulfonamides is 1. The summed E-state index contributed by atoms with van der Waals surface area (Å²) in [6.45, 7) is 0.396. The van der Waals surface area contributed by atoms with Crippen LogP contribution in [0.2, 0.25) is 0 Å². The fourth-order valence-corrected chi connectivity index (χ4v) is 3.09. The van der Waals surface area contributed by atoms with Crippen LogP contribution >= 0.6 is 0 Å². The van der Waals surface area contributed by atoms with Gasteiger partial charge in [-0.25, -0.2) is 8.42 Å². The quantitative estimate of drug-likeness (QED) is 0.635. The zero-order valence-electron chi connectivity index (χ0n) is 15.3. The summed E-state index contributed by atoms with van der Waals surface area (Å²) in [6.07, 6.45) is 1.06. The van der Waals surface area contributed by atoms with E-state index in [0.717, 1.165) is 17.6 Å². The lowest BCUT2D eigenvalue weighted by molar-refractivity contribution is 0.102. The average molecular weight is 396 g/mol. The van der Waals surface area contributed by atoms with Gasteiger partial charge in [0.05, 0.1) is 17.6 Å². The monoisotopic (exact) mass is 396 g/mol. The van der Waals surface area contributed by atoms with E-state index >= 15 is 0 Å². The molecule has 0 atom stereocenters. The Balaban J connectivity index is 1.65. The van der Waals surface area contributed by atoms with Crippen molar-refractivity contribution in [2.45, 2.75) is 6.61 Å². The fourth-order valence-electron chi connectivity index (χ4n) is 2.51. The SMILES string of the molecule is CS(=O)(=O)Nc1ccccc1NC(=O)c1ccc(COc2ccccc2)cc1. The molecular weight excluding hydrogens is 376 g/mol. The molecular formula is C21H20N2O4S. The number of carbonyl (C=O) groups is 1. The predicted molar refractivity (Wildman–Crippen MR) is 110 cm³/mol. The topological polar surface area (TPSA) is 84.5 Å². The first-order valence-corrected chi connectivity index (χ1v) is 10.4. The molecule has 3 rings (SSSR count). The molecule has 0 fully saturated rings. The Morgan fingerprint density at radius 1 is 0.857 bits per heavy atom.